The van der Waals surface area contributed by atoms with Crippen molar-refractivity contribution in [1.82, 2.24) is 4.90 Å². The summed E-state index contributed by atoms with van der Waals surface area (Å²) in [5, 5.41) is 12.0. The summed E-state index contributed by atoms with van der Waals surface area (Å²) >= 11 is 12.7. The lowest BCUT2D eigenvalue weighted by atomic mass is 9.86. The average molecular weight is 743 g/mol. The van der Waals surface area contributed by atoms with Crippen LogP contribution in [0.25, 0.3) is 0 Å². The maximum absolute atomic E-state index is 15.8. The molecule has 7 rings (SSSR count). The number of halogens is 4. The van der Waals surface area contributed by atoms with Crippen LogP contribution >= 0.6 is 23.2 Å². The minimum absolute atomic E-state index is 0.0193. The van der Waals surface area contributed by atoms with E-state index in [1.165, 1.54) is 44.6 Å². The van der Waals surface area contributed by atoms with Crippen molar-refractivity contribution < 1.29 is 42.0 Å². The van der Waals surface area contributed by atoms with Crippen LogP contribution in [0.4, 0.5) is 19.3 Å². The Kier molecular flexibility index (Phi) is 11.1. The van der Waals surface area contributed by atoms with Gasteiger partial charge in [0.15, 0.2) is 23.9 Å². The second-order valence-corrected chi connectivity index (χ2v) is 13.2. The van der Waals surface area contributed by atoms with Crippen LogP contribution < -0.4 is 19.1 Å². The lowest BCUT2D eigenvalue weighted by molar-refractivity contribution is -0.605. The molecular weight excluding hydrogens is 707 g/mol. The van der Waals surface area contributed by atoms with Crippen LogP contribution in [0.5, 0.6) is 11.5 Å². The molecule has 4 aromatic rings. The topological polar surface area (TPSA) is 104 Å². The molecule has 0 radical (unpaired) electrons. The Bertz CT molecular complexity index is 1900. The molecule has 0 spiro atoms. The smallest absolute Gasteiger partial charge is 0.415 e. The molecule has 14 heteroatoms. The fraction of sp³-hybridized carbons (Fsp3) is 0.324. The number of carbonyl (C=O) groups is 2. The number of aromatic nitrogens is 1. The van der Waals surface area contributed by atoms with Crippen LogP contribution in [0, 0.1) is 22.8 Å². The van der Waals surface area contributed by atoms with E-state index in [1.54, 1.807) is 24.3 Å². The molecule has 3 aliphatic heterocycles. The highest BCUT2D eigenvalue weighted by Gasteiger charge is 2.38. The molecule has 0 N–H and O–H groups in total. The van der Waals surface area contributed by atoms with Crippen LogP contribution in [-0.2, 0) is 22.4 Å². The number of amides is 1. The Morgan fingerprint density at radius 1 is 0.961 bits per heavy atom. The summed E-state index contributed by atoms with van der Waals surface area (Å²) in [6, 6.07) is 14.3. The number of benzene rings is 3. The third-order valence-corrected chi connectivity index (χ3v) is 9.96. The van der Waals surface area contributed by atoms with Crippen LogP contribution in [0.1, 0.15) is 46.0 Å². The molecule has 0 aliphatic carbocycles. The molecule has 3 saturated heterocycles. The van der Waals surface area contributed by atoms with E-state index in [4.69, 9.17) is 42.1 Å². The molecule has 10 nitrogen and oxygen atoms in total. The second kappa shape index (κ2) is 15.7. The number of piperidine rings is 3. The third kappa shape index (κ3) is 8.14. The maximum Gasteiger partial charge on any atom is 0.415 e. The van der Waals surface area contributed by atoms with Gasteiger partial charge in [-0.1, -0.05) is 47.5 Å². The van der Waals surface area contributed by atoms with E-state index in [-0.39, 0.29) is 51.8 Å². The number of pyridine rings is 1. The average Bonchev–Trinajstić information content (AvgIpc) is 3.12. The number of nitrogens with zero attached hydrogens (tertiary/aromatic N) is 3. The van der Waals surface area contributed by atoms with Gasteiger partial charge in [-0.2, -0.15) is 4.73 Å². The standard InChI is InChI=1S/C37H35Cl2F2N3O7/c1-48-32-10-9-23(16-34(32)49-2)33(17-26-27(38)19-43(47)20-28(26)39)50-36(45)24-7-8-25(30(41)15-24)18-44(31-6-4-3-5-29(31)40)37(46)51-35-21-42-13-11-22(35)12-14-42/h3-10,15-16,19-20,22,33,35H,11-14,17-18,21H2,1-2H3/t33?,35-/m0/s1. The summed E-state index contributed by atoms with van der Waals surface area (Å²) in [6.07, 6.45) is 1.86. The van der Waals surface area contributed by atoms with Gasteiger partial charge in [0.2, 0.25) is 0 Å². The highest BCUT2D eigenvalue weighted by Crippen LogP contribution is 2.36. The largest absolute Gasteiger partial charge is 0.619 e. The molecule has 51 heavy (non-hydrogen) atoms. The first-order valence-corrected chi connectivity index (χ1v) is 17.0. The van der Waals surface area contributed by atoms with Crippen LogP contribution in [0.2, 0.25) is 10.0 Å². The van der Waals surface area contributed by atoms with E-state index in [0.29, 0.717) is 33.9 Å². The number of methoxy groups -OCH3 is 2. The van der Waals surface area contributed by atoms with Gasteiger partial charge < -0.3 is 24.2 Å². The van der Waals surface area contributed by atoms with Crippen molar-refractivity contribution in [2.24, 2.45) is 5.92 Å². The molecule has 1 amide bonds. The lowest BCUT2D eigenvalue weighted by Crippen LogP contribution is -2.53. The van der Waals surface area contributed by atoms with Crippen LogP contribution in [-0.4, -0.2) is 56.9 Å². The van der Waals surface area contributed by atoms with Gasteiger partial charge in [-0.15, -0.1) is 0 Å². The first-order valence-electron chi connectivity index (χ1n) is 16.3. The summed E-state index contributed by atoms with van der Waals surface area (Å²) in [5.74, 6) is -1.37. The quantitative estimate of drug-likeness (QED) is 0.0897. The minimum Gasteiger partial charge on any atom is -0.619 e. The van der Waals surface area contributed by atoms with Gasteiger partial charge in [0.25, 0.3) is 0 Å². The Hall–Kier alpha value is -4.65. The maximum atomic E-state index is 15.8. The van der Waals surface area contributed by atoms with Crippen molar-refractivity contribution in [3.8, 4) is 11.5 Å². The van der Waals surface area contributed by atoms with Crippen molar-refractivity contribution in [2.45, 2.75) is 38.0 Å². The molecule has 2 atom stereocenters. The molecule has 3 aromatic carbocycles. The van der Waals surface area contributed by atoms with E-state index in [0.717, 1.165) is 49.3 Å². The van der Waals surface area contributed by atoms with E-state index in [9.17, 15) is 14.8 Å². The molecule has 268 valence electrons. The molecule has 4 heterocycles. The Morgan fingerprint density at radius 2 is 1.67 bits per heavy atom. The summed E-state index contributed by atoms with van der Waals surface area (Å²) in [6.45, 7) is 2.12. The molecule has 1 unspecified atom stereocenters. The molecule has 3 aliphatic rings. The highest BCUT2D eigenvalue weighted by molar-refractivity contribution is 6.35. The molecule has 3 fully saturated rings. The van der Waals surface area contributed by atoms with E-state index >= 15 is 8.78 Å². The zero-order chi connectivity index (χ0) is 36.2. The number of hydrogen-bond acceptors (Lipinski definition) is 8. The summed E-state index contributed by atoms with van der Waals surface area (Å²) in [7, 11) is 2.93. The first-order chi connectivity index (χ1) is 24.5. The van der Waals surface area contributed by atoms with Gasteiger partial charge in [0, 0.05) is 24.1 Å². The lowest BCUT2D eigenvalue weighted by Gasteiger charge is -2.44. The van der Waals surface area contributed by atoms with Gasteiger partial charge >= 0.3 is 12.1 Å². The zero-order valence-electron chi connectivity index (χ0n) is 27.8. The molecule has 0 saturated carbocycles. The fourth-order valence-electron chi connectivity index (χ4n) is 6.52. The normalized spacial score (nSPS) is 18.5. The van der Waals surface area contributed by atoms with Crippen molar-refractivity contribution in [3.63, 3.8) is 0 Å². The van der Waals surface area contributed by atoms with Gasteiger partial charge in [-0.05, 0) is 73.8 Å². The highest BCUT2D eigenvalue weighted by atomic mass is 35.5. The number of ether oxygens (including phenoxy) is 4. The Balaban J connectivity index is 1.25. The molecule has 1 aromatic heterocycles. The minimum atomic E-state index is -1.02. The predicted octanol–water partition coefficient (Wildman–Crippen LogP) is 7.30. The van der Waals surface area contributed by atoms with Crippen molar-refractivity contribution >= 4 is 41.0 Å². The second-order valence-electron chi connectivity index (χ2n) is 12.4. The van der Waals surface area contributed by atoms with Crippen LogP contribution in [0.15, 0.2) is 73.1 Å². The van der Waals surface area contributed by atoms with Crippen molar-refractivity contribution in [3.05, 3.63) is 122 Å². The van der Waals surface area contributed by atoms with Gasteiger partial charge in [-0.3, -0.25) is 9.80 Å². The summed E-state index contributed by atoms with van der Waals surface area (Å²) < 4.78 is 53.8. The van der Waals surface area contributed by atoms with Crippen LogP contribution in [0.3, 0.4) is 0 Å². The SMILES string of the molecule is COc1ccc(C(Cc2c(Cl)c[n+]([O-])cc2Cl)OC(=O)c2ccc(CN(C(=O)O[C@H]3CN4CCC3CC4)c3ccccc3F)c(F)c2)cc1OC. The number of rotatable bonds is 11. The molecule has 2 bridgehead atoms. The third-order valence-electron chi connectivity index (χ3n) is 9.31. The Morgan fingerprint density at radius 3 is 2.29 bits per heavy atom. The summed E-state index contributed by atoms with van der Waals surface area (Å²) in [4.78, 5) is 30.4. The number of esters is 1. The van der Waals surface area contributed by atoms with E-state index in [2.05, 4.69) is 4.90 Å². The fourth-order valence-corrected chi connectivity index (χ4v) is 7.12. The first kappa shape index (κ1) is 36.2. The van der Waals surface area contributed by atoms with Crippen molar-refractivity contribution in [1.29, 1.82) is 0 Å². The Labute approximate surface area is 303 Å². The van der Waals surface area contributed by atoms with Gasteiger partial charge in [0.1, 0.15) is 33.9 Å². The predicted molar refractivity (Wildman–Crippen MR) is 185 cm³/mol. The van der Waals surface area contributed by atoms with Gasteiger partial charge in [-0.25, -0.2) is 18.4 Å². The monoisotopic (exact) mass is 741 g/mol. The van der Waals surface area contributed by atoms with E-state index < -0.39 is 29.8 Å². The summed E-state index contributed by atoms with van der Waals surface area (Å²) in [5.41, 5.74) is 0.650. The number of anilines is 1. The number of hydrogen-bond donors (Lipinski definition) is 0. The number of para-hydroxylation sites is 1. The molecular formula is C37H35Cl2F2N3O7. The van der Waals surface area contributed by atoms with E-state index in [1.807, 2.05) is 0 Å². The van der Waals surface area contributed by atoms with Crippen molar-refractivity contribution in [2.75, 3.05) is 38.8 Å². The van der Waals surface area contributed by atoms with Gasteiger partial charge in [0.05, 0.1) is 32.0 Å². The zero-order valence-corrected chi connectivity index (χ0v) is 29.3. The number of carbonyl (C=O) groups excluding carboxylic acids is 2. The number of fused-ring (bicyclic) bond motifs is 3.